The molecule has 0 saturated heterocycles. The number of rotatable bonds is 3. The van der Waals surface area contributed by atoms with Crippen molar-refractivity contribution in [3.63, 3.8) is 0 Å². The zero-order chi connectivity index (χ0) is 12.3. The van der Waals surface area contributed by atoms with Crippen LogP contribution in [-0.4, -0.2) is 16.9 Å². The van der Waals surface area contributed by atoms with E-state index in [2.05, 4.69) is 0 Å². The summed E-state index contributed by atoms with van der Waals surface area (Å²) in [4.78, 5) is 22.3. The Hall–Kier alpha value is -1.84. The van der Waals surface area contributed by atoms with Gasteiger partial charge in [-0.1, -0.05) is 13.8 Å². The fourth-order valence-electron chi connectivity index (χ4n) is 1.26. The molecule has 0 bridgehead atoms. The zero-order valence-electron chi connectivity index (χ0n) is 9.48. The van der Waals surface area contributed by atoms with E-state index in [1.807, 2.05) is 0 Å². The molecule has 4 heteroatoms. The van der Waals surface area contributed by atoms with Gasteiger partial charge in [0.25, 0.3) is 0 Å². The third kappa shape index (κ3) is 2.82. The van der Waals surface area contributed by atoms with Crippen molar-refractivity contribution in [1.29, 1.82) is 0 Å². The van der Waals surface area contributed by atoms with Gasteiger partial charge in [-0.3, -0.25) is 9.59 Å². The Morgan fingerprint density at radius 1 is 1.31 bits per heavy atom. The topological polar surface area (TPSA) is 63.6 Å². The minimum absolute atomic E-state index is 0.146. The predicted octanol–water partition coefficient (Wildman–Crippen LogP) is 2.16. The molecule has 0 aliphatic heterocycles. The van der Waals surface area contributed by atoms with Crippen LogP contribution in [-0.2, 0) is 4.79 Å². The standard InChI is InChI=1S/C12H14O4/c1-7(2)12(15)10-5-4-9(6-11(10)14)16-8(3)13/h4-7,14H,1-3H3. The van der Waals surface area contributed by atoms with E-state index in [0.717, 1.165) is 0 Å². The number of ether oxygens (including phenoxy) is 1. The predicted molar refractivity (Wildman–Crippen MR) is 58.6 cm³/mol. The molecular weight excluding hydrogens is 208 g/mol. The number of ketones is 1. The molecule has 0 unspecified atom stereocenters. The fourth-order valence-corrected chi connectivity index (χ4v) is 1.26. The van der Waals surface area contributed by atoms with Crippen molar-refractivity contribution in [2.75, 3.05) is 0 Å². The molecular formula is C12H14O4. The Morgan fingerprint density at radius 3 is 2.38 bits per heavy atom. The SMILES string of the molecule is CC(=O)Oc1ccc(C(=O)C(C)C)c(O)c1. The first-order valence-electron chi connectivity index (χ1n) is 4.97. The summed E-state index contributed by atoms with van der Waals surface area (Å²) in [6.07, 6.45) is 0. The summed E-state index contributed by atoms with van der Waals surface area (Å²) in [5.41, 5.74) is 0.242. The molecule has 1 aromatic rings. The van der Waals surface area contributed by atoms with E-state index >= 15 is 0 Å². The van der Waals surface area contributed by atoms with Gasteiger partial charge < -0.3 is 9.84 Å². The Balaban J connectivity index is 3.00. The van der Waals surface area contributed by atoms with Crippen molar-refractivity contribution in [3.8, 4) is 11.5 Å². The van der Waals surface area contributed by atoms with Crippen molar-refractivity contribution in [1.82, 2.24) is 0 Å². The van der Waals surface area contributed by atoms with Gasteiger partial charge in [0, 0.05) is 18.9 Å². The van der Waals surface area contributed by atoms with E-state index < -0.39 is 5.97 Å². The number of phenolic OH excluding ortho intramolecular Hbond substituents is 1. The minimum atomic E-state index is -0.470. The molecule has 0 spiro atoms. The van der Waals surface area contributed by atoms with Crippen molar-refractivity contribution in [2.45, 2.75) is 20.8 Å². The maximum atomic E-state index is 11.6. The first-order valence-corrected chi connectivity index (χ1v) is 4.97. The van der Waals surface area contributed by atoms with Crippen molar-refractivity contribution in [2.24, 2.45) is 5.92 Å². The Kier molecular flexibility index (Phi) is 3.66. The number of carbonyl (C=O) groups is 2. The third-order valence-corrected chi connectivity index (χ3v) is 2.02. The molecule has 1 N–H and O–H groups in total. The lowest BCUT2D eigenvalue weighted by molar-refractivity contribution is -0.131. The average Bonchev–Trinajstić information content (AvgIpc) is 2.15. The van der Waals surface area contributed by atoms with E-state index in [9.17, 15) is 14.7 Å². The molecule has 4 nitrogen and oxygen atoms in total. The van der Waals surface area contributed by atoms with Gasteiger partial charge in [0.15, 0.2) is 5.78 Å². The zero-order valence-corrected chi connectivity index (χ0v) is 9.48. The highest BCUT2D eigenvalue weighted by atomic mass is 16.5. The normalized spacial score (nSPS) is 10.2. The van der Waals surface area contributed by atoms with E-state index in [1.165, 1.54) is 25.1 Å². The second-order valence-corrected chi connectivity index (χ2v) is 3.79. The van der Waals surface area contributed by atoms with Crippen molar-refractivity contribution in [3.05, 3.63) is 23.8 Å². The number of hydrogen-bond acceptors (Lipinski definition) is 4. The fraction of sp³-hybridized carbons (Fsp3) is 0.333. The lowest BCUT2D eigenvalue weighted by atomic mass is 10.0. The van der Waals surface area contributed by atoms with Gasteiger partial charge in [-0.05, 0) is 12.1 Å². The van der Waals surface area contributed by atoms with E-state index in [1.54, 1.807) is 13.8 Å². The van der Waals surface area contributed by atoms with Crippen LogP contribution in [0.3, 0.4) is 0 Å². The molecule has 1 rings (SSSR count). The van der Waals surface area contributed by atoms with E-state index in [-0.39, 0.29) is 28.8 Å². The first-order chi connectivity index (χ1) is 7.41. The van der Waals surface area contributed by atoms with E-state index in [4.69, 9.17) is 4.74 Å². The van der Waals surface area contributed by atoms with Gasteiger partial charge in [0.05, 0.1) is 5.56 Å². The summed E-state index contributed by atoms with van der Waals surface area (Å²) < 4.78 is 4.78. The van der Waals surface area contributed by atoms with Gasteiger partial charge in [-0.15, -0.1) is 0 Å². The first kappa shape index (κ1) is 12.2. The summed E-state index contributed by atoms with van der Waals surface area (Å²) in [6, 6.07) is 4.20. The van der Waals surface area contributed by atoms with E-state index in [0.29, 0.717) is 0 Å². The summed E-state index contributed by atoms with van der Waals surface area (Å²) in [7, 11) is 0. The number of phenols is 1. The van der Waals surface area contributed by atoms with Gasteiger partial charge in [0.1, 0.15) is 11.5 Å². The summed E-state index contributed by atoms with van der Waals surface area (Å²) in [5, 5.41) is 9.61. The van der Waals surface area contributed by atoms with Crippen molar-refractivity contribution >= 4 is 11.8 Å². The van der Waals surface area contributed by atoms with Crippen LogP contribution < -0.4 is 4.74 Å². The van der Waals surface area contributed by atoms with Gasteiger partial charge in [-0.25, -0.2) is 0 Å². The molecule has 0 heterocycles. The minimum Gasteiger partial charge on any atom is -0.507 e. The lowest BCUT2D eigenvalue weighted by Gasteiger charge is -2.08. The second-order valence-electron chi connectivity index (χ2n) is 3.79. The average molecular weight is 222 g/mol. The Morgan fingerprint density at radius 2 is 1.94 bits per heavy atom. The van der Waals surface area contributed by atoms with Gasteiger partial charge in [-0.2, -0.15) is 0 Å². The summed E-state index contributed by atoms with van der Waals surface area (Å²) in [5.74, 6) is -0.748. The molecule has 16 heavy (non-hydrogen) atoms. The van der Waals surface area contributed by atoms with Crippen LogP contribution in [0.4, 0.5) is 0 Å². The molecule has 0 radical (unpaired) electrons. The second kappa shape index (κ2) is 4.79. The molecule has 0 amide bonds. The van der Waals surface area contributed by atoms with Crippen LogP contribution in [0.25, 0.3) is 0 Å². The maximum absolute atomic E-state index is 11.6. The Labute approximate surface area is 93.9 Å². The highest BCUT2D eigenvalue weighted by Gasteiger charge is 2.15. The van der Waals surface area contributed by atoms with Crippen LogP contribution >= 0.6 is 0 Å². The van der Waals surface area contributed by atoms with Gasteiger partial charge in [0.2, 0.25) is 0 Å². The van der Waals surface area contributed by atoms with Crippen LogP contribution in [0.15, 0.2) is 18.2 Å². The summed E-state index contributed by atoms with van der Waals surface area (Å²) >= 11 is 0. The van der Waals surface area contributed by atoms with Crippen LogP contribution in [0, 0.1) is 5.92 Å². The molecule has 0 saturated carbocycles. The van der Waals surface area contributed by atoms with Gasteiger partial charge >= 0.3 is 5.97 Å². The smallest absolute Gasteiger partial charge is 0.308 e. The number of benzene rings is 1. The molecule has 86 valence electrons. The number of carbonyl (C=O) groups excluding carboxylic acids is 2. The number of esters is 1. The van der Waals surface area contributed by atoms with Crippen LogP contribution in [0.5, 0.6) is 11.5 Å². The van der Waals surface area contributed by atoms with Crippen molar-refractivity contribution < 1.29 is 19.4 Å². The molecule has 0 aromatic heterocycles. The monoisotopic (exact) mass is 222 g/mol. The highest BCUT2D eigenvalue weighted by molar-refractivity contribution is 6.00. The quantitative estimate of drug-likeness (QED) is 0.483. The molecule has 0 aliphatic carbocycles. The maximum Gasteiger partial charge on any atom is 0.308 e. The summed E-state index contributed by atoms with van der Waals surface area (Å²) in [6.45, 7) is 4.77. The third-order valence-electron chi connectivity index (χ3n) is 2.02. The molecule has 0 aliphatic rings. The van der Waals surface area contributed by atoms with Crippen LogP contribution in [0.1, 0.15) is 31.1 Å². The largest absolute Gasteiger partial charge is 0.507 e. The molecule has 0 fully saturated rings. The molecule has 1 aromatic carbocycles. The highest BCUT2D eigenvalue weighted by Crippen LogP contribution is 2.25. The number of hydrogen-bond donors (Lipinski definition) is 1. The number of Topliss-reactive ketones (excluding diaryl/α,β-unsaturated/α-hetero) is 1. The Bertz CT molecular complexity index is 421. The van der Waals surface area contributed by atoms with Crippen LogP contribution in [0.2, 0.25) is 0 Å². The molecule has 0 atom stereocenters. The lowest BCUT2D eigenvalue weighted by Crippen LogP contribution is -2.08. The number of aromatic hydroxyl groups is 1.